The van der Waals surface area contributed by atoms with Crippen molar-refractivity contribution in [1.29, 1.82) is 0 Å². The van der Waals surface area contributed by atoms with Gasteiger partial charge in [0.1, 0.15) is 5.82 Å². The number of likely N-dealkylation sites (tertiary alicyclic amines) is 1. The van der Waals surface area contributed by atoms with Crippen molar-refractivity contribution in [3.8, 4) is 0 Å². The molecule has 2 aromatic heterocycles. The third-order valence-corrected chi connectivity index (χ3v) is 6.23. The summed E-state index contributed by atoms with van der Waals surface area (Å²) in [5.74, 6) is 0.436. The van der Waals surface area contributed by atoms with E-state index in [-0.39, 0.29) is 11.6 Å². The molecule has 2 aromatic rings. The first-order valence-electron chi connectivity index (χ1n) is 11.0. The predicted molar refractivity (Wildman–Crippen MR) is 112 cm³/mol. The largest absolute Gasteiger partial charge is 0.417 e. The molecule has 1 atom stereocenters. The van der Waals surface area contributed by atoms with Crippen LogP contribution < -0.4 is 10.9 Å². The molecule has 0 aromatic carbocycles. The fraction of sp³-hybridized carbons (Fsp3) is 0.591. The van der Waals surface area contributed by atoms with Crippen LogP contribution in [-0.4, -0.2) is 45.3 Å². The van der Waals surface area contributed by atoms with E-state index in [1.807, 2.05) is 0 Å². The number of aryl methyl sites for hydroxylation is 2. The predicted octanol–water partition coefficient (Wildman–Crippen LogP) is 3.50. The summed E-state index contributed by atoms with van der Waals surface area (Å²) in [6.07, 6.45) is 3.80. The summed E-state index contributed by atoms with van der Waals surface area (Å²) in [4.78, 5) is 18.7. The lowest BCUT2D eigenvalue weighted by atomic mass is 9.97. The van der Waals surface area contributed by atoms with Crippen LogP contribution in [0.2, 0.25) is 0 Å². The van der Waals surface area contributed by atoms with Crippen molar-refractivity contribution < 1.29 is 13.2 Å². The molecular weight excluding hydrogens is 407 g/mol. The normalized spacial score (nSPS) is 19.8. The number of hydrogen-bond acceptors (Lipinski definition) is 5. The first kappa shape index (κ1) is 21.8. The molecule has 9 heteroatoms. The third kappa shape index (κ3) is 5.44. The van der Waals surface area contributed by atoms with Crippen LogP contribution in [0.4, 0.5) is 19.0 Å². The molecule has 3 heterocycles. The fourth-order valence-electron chi connectivity index (χ4n) is 4.46. The molecule has 1 fully saturated rings. The van der Waals surface area contributed by atoms with E-state index in [1.54, 1.807) is 10.7 Å². The van der Waals surface area contributed by atoms with Gasteiger partial charge in [0.25, 0.3) is 5.56 Å². The quantitative estimate of drug-likeness (QED) is 0.753. The molecule has 2 aliphatic rings. The zero-order chi connectivity index (χ0) is 21.8. The number of halogens is 3. The van der Waals surface area contributed by atoms with Crippen LogP contribution in [0, 0.1) is 0 Å². The van der Waals surface area contributed by atoms with Crippen molar-refractivity contribution in [3.63, 3.8) is 0 Å². The third-order valence-electron chi connectivity index (χ3n) is 6.23. The van der Waals surface area contributed by atoms with Crippen molar-refractivity contribution in [2.75, 3.05) is 25.0 Å². The van der Waals surface area contributed by atoms with E-state index in [2.05, 4.69) is 20.3 Å². The molecule has 1 N–H and O–H groups in total. The Morgan fingerprint density at radius 1 is 1.10 bits per heavy atom. The summed E-state index contributed by atoms with van der Waals surface area (Å²) in [7, 11) is 0. The van der Waals surface area contributed by atoms with Crippen LogP contribution in [0.3, 0.4) is 0 Å². The van der Waals surface area contributed by atoms with Gasteiger partial charge in [0.15, 0.2) is 0 Å². The molecule has 31 heavy (non-hydrogen) atoms. The zero-order valence-corrected chi connectivity index (χ0v) is 17.5. The van der Waals surface area contributed by atoms with E-state index < -0.39 is 11.7 Å². The van der Waals surface area contributed by atoms with Gasteiger partial charge in [-0.15, -0.1) is 0 Å². The van der Waals surface area contributed by atoms with Crippen molar-refractivity contribution in [3.05, 3.63) is 51.6 Å². The first-order chi connectivity index (χ1) is 14.9. The van der Waals surface area contributed by atoms with Gasteiger partial charge in [0.05, 0.1) is 17.8 Å². The summed E-state index contributed by atoms with van der Waals surface area (Å²) in [5.41, 5.74) is 1.36. The lowest BCUT2D eigenvalue weighted by Gasteiger charge is -2.36. The minimum Gasteiger partial charge on any atom is -0.369 e. The average molecular weight is 435 g/mol. The minimum atomic E-state index is -4.38. The van der Waals surface area contributed by atoms with Gasteiger partial charge in [0.2, 0.25) is 0 Å². The van der Waals surface area contributed by atoms with Crippen molar-refractivity contribution in [2.24, 2.45) is 0 Å². The maximum Gasteiger partial charge on any atom is 0.417 e. The van der Waals surface area contributed by atoms with Gasteiger partial charge in [-0.3, -0.25) is 9.69 Å². The molecular formula is C22H28F3N5O. The number of anilines is 1. The Bertz CT molecular complexity index is 942. The van der Waals surface area contributed by atoms with Crippen LogP contribution in [0.5, 0.6) is 0 Å². The zero-order valence-electron chi connectivity index (χ0n) is 17.5. The number of pyridine rings is 1. The molecule has 4 rings (SSSR count). The molecule has 0 saturated carbocycles. The number of hydrogen-bond donors (Lipinski definition) is 1. The molecule has 0 bridgehead atoms. The Morgan fingerprint density at radius 2 is 1.94 bits per heavy atom. The minimum absolute atomic E-state index is 0.0405. The summed E-state index contributed by atoms with van der Waals surface area (Å²) in [5, 5.41) is 7.77. The lowest BCUT2D eigenvalue weighted by molar-refractivity contribution is -0.137. The summed E-state index contributed by atoms with van der Waals surface area (Å²) in [6, 6.07) is 4.40. The smallest absolute Gasteiger partial charge is 0.369 e. The molecule has 0 amide bonds. The Balaban J connectivity index is 1.35. The number of nitrogens with one attached hydrogen (secondary N) is 1. The molecule has 168 valence electrons. The SMILES string of the molecule is O=c1cc2c(nn1CCN1CCCCC1CNc1ccc(C(F)(F)F)cn1)CCCC2. The van der Waals surface area contributed by atoms with Gasteiger partial charge < -0.3 is 5.32 Å². The fourth-order valence-corrected chi connectivity index (χ4v) is 4.46. The van der Waals surface area contributed by atoms with E-state index in [0.29, 0.717) is 18.9 Å². The van der Waals surface area contributed by atoms with E-state index >= 15 is 0 Å². The highest BCUT2D eigenvalue weighted by Crippen LogP contribution is 2.29. The molecule has 0 radical (unpaired) electrons. The topological polar surface area (TPSA) is 63.1 Å². The number of rotatable bonds is 6. The van der Waals surface area contributed by atoms with Gasteiger partial charge in [-0.05, 0) is 62.8 Å². The van der Waals surface area contributed by atoms with Gasteiger partial charge in [-0.2, -0.15) is 18.3 Å². The number of nitrogens with zero attached hydrogens (tertiary/aromatic N) is 4. The number of aromatic nitrogens is 3. The Morgan fingerprint density at radius 3 is 2.71 bits per heavy atom. The summed E-state index contributed by atoms with van der Waals surface area (Å²) < 4.78 is 39.7. The van der Waals surface area contributed by atoms with E-state index in [4.69, 9.17) is 0 Å². The van der Waals surface area contributed by atoms with Crippen LogP contribution in [0.1, 0.15) is 48.9 Å². The van der Waals surface area contributed by atoms with Crippen molar-refractivity contribution in [2.45, 2.75) is 63.7 Å². The highest BCUT2D eigenvalue weighted by atomic mass is 19.4. The molecule has 1 aliphatic heterocycles. The molecule has 0 spiro atoms. The molecule has 1 unspecified atom stereocenters. The van der Waals surface area contributed by atoms with Crippen molar-refractivity contribution >= 4 is 5.82 Å². The molecule has 1 saturated heterocycles. The summed E-state index contributed by atoms with van der Waals surface area (Å²) in [6.45, 7) is 2.80. The van der Waals surface area contributed by atoms with E-state index in [9.17, 15) is 18.0 Å². The van der Waals surface area contributed by atoms with Gasteiger partial charge in [0, 0.05) is 31.4 Å². The van der Waals surface area contributed by atoms with E-state index in [1.165, 1.54) is 6.07 Å². The van der Waals surface area contributed by atoms with Crippen LogP contribution in [0.25, 0.3) is 0 Å². The van der Waals surface area contributed by atoms with Gasteiger partial charge in [-0.25, -0.2) is 9.67 Å². The Hall–Kier alpha value is -2.42. The monoisotopic (exact) mass is 435 g/mol. The van der Waals surface area contributed by atoms with Crippen molar-refractivity contribution in [1.82, 2.24) is 19.7 Å². The van der Waals surface area contributed by atoms with E-state index in [0.717, 1.165) is 81.6 Å². The Labute approximate surface area is 179 Å². The number of fused-ring (bicyclic) bond motifs is 1. The van der Waals surface area contributed by atoms with Crippen LogP contribution in [-0.2, 0) is 25.6 Å². The second-order valence-electron chi connectivity index (χ2n) is 8.38. The highest BCUT2D eigenvalue weighted by molar-refractivity contribution is 5.36. The highest BCUT2D eigenvalue weighted by Gasteiger charge is 2.30. The first-order valence-corrected chi connectivity index (χ1v) is 11.0. The second-order valence-corrected chi connectivity index (χ2v) is 8.38. The maximum absolute atomic E-state index is 12.7. The summed E-state index contributed by atoms with van der Waals surface area (Å²) >= 11 is 0. The Kier molecular flexibility index (Phi) is 6.60. The molecule has 1 aliphatic carbocycles. The second kappa shape index (κ2) is 9.38. The maximum atomic E-state index is 12.7. The van der Waals surface area contributed by atoms with Gasteiger partial charge in [-0.1, -0.05) is 6.42 Å². The number of alkyl halides is 3. The van der Waals surface area contributed by atoms with Gasteiger partial charge >= 0.3 is 6.18 Å². The molecule has 6 nitrogen and oxygen atoms in total. The van der Waals surface area contributed by atoms with Crippen LogP contribution >= 0.6 is 0 Å². The number of piperidine rings is 1. The average Bonchev–Trinajstić information content (AvgIpc) is 2.76. The lowest BCUT2D eigenvalue weighted by Crippen LogP contribution is -2.45. The van der Waals surface area contributed by atoms with Crippen LogP contribution in [0.15, 0.2) is 29.2 Å². The standard InChI is InChI=1S/C22H28F3N5O/c23-22(24,25)17-8-9-20(26-14-17)27-15-18-6-3-4-10-29(18)11-12-30-21(31)13-16-5-1-2-7-19(16)28-30/h8-9,13-14,18H,1-7,10-12,15H2,(H,26,27).